The van der Waals surface area contributed by atoms with Crippen molar-refractivity contribution < 1.29 is 13.9 Å². The zero-order valence-electron chi connectivity index (χ0n) is 10.5. The average Bonchev–Trinajstić information content (AvgIpc) is 2.41. The van der Waals surface area contributed by atoms with Crippen molar-refractivity contribution in [3.8, 4) is 0 Å². The smallest absolute Gasteiger partial charge is 0.159 e. The van der Waals surface area contributed by atoms with Crippen molar-refractivity contribution >= 4 is 5.69 Å². The predicted octanol–water partition coefficient (Wildman–Crippen LogP) is 3.42. The molecule has 1 unspecified atom stereocenters. The molecule has 0 aliphatic rings. The predicted molar refractivity (Wildman–Crippen MR) is 71.0 cm³/mol. The maximum absolute atomic E-state index is 13.2. The van der Waals surface area contributed by atoms with E-state index in [1.165, 1.54) is 6.07 Å². The van der Waals surface area contributed by atoms with Gasteiger partial charge < -0.3 is 10.4 Å². The van der Waals surface area contributed by atoms with E-state index in [1.807, 2.05) is 31.2 Å². The van der Waals surface area contributed by atoms with Crippen LogP contribution in [0.1, 0.15) is 17.2 Å². The first-order valence-corrected chi connectivity index (χ1v) is 6.00. The van der Waals surface area contributed by atoms with Crippen LogP contribution in [-0.2, 0) is 0 Å². The molecule has 19 heavy (non-hydrogen) atoms. The van der Waals surface area contributed by atoms with Gasteiger partial charge in [-0.2, -0.15) is 0 Å². The molecule has 2 nitrogen and oxygen atoms in total. The van der Waals surface area contributed by atoms with Crippen LogP contribution in [-0.4, -0.2) is 11.7 Å². The third-order valence-corrected chi connectivity index (χ3v) is 3.00. The van der Waals surface area contributed by atoms with Gasteiger partial charge in [0.15, 0.2) is 11.6 Å². The second-order valence-corrected chi connectivity index (χ2v) is 4.37. The van der Waals surface area contributed by atoms with Crippen molar-refractivity contribution in [1.29, 1.82) is 0 Å². The van der Waals surface area contributed by atoms with Gasteiger partial charge in [0, 0.05) is 5.69 Å². The van der Waals surface area contributed by atoms with Gasteiger partial charge in [-0.25, -0.2) is 8.78 Å². The van der Waals surface area contributed by atoms with Gasteiger partial charge in [-0.3, -0.25) is 0 Å². The third-order valence-electron chi connectivity index (χ3n) is 3.00. The second-order valence-electron chi connectivity index (χ2n) is 4.37. The molecule has 0 radical (unpaired) electrons. The summed E-state index contributed by atoms with van der Waals surface area (Å²) in [5.41, 5.74) is 2.37. The van der Waals surface area contributed by atoms with Crippen LogP contribution >= 0.6 is 0 Å². The lowest BCUT2D eigenvalue weighted by Crippen LogP contribution is -2.15. The normalized spacial score (nSPS) is 12.2. The Labute approximate surface area is 110 Å². The van der Waals surface area contributed by atoms with Crippen molar-refractivity contribution in [2.45, 2.75) is 13.0 Å². The highest BCUT2D eigenvalue weighted by Gasteiger charge is 2.13. The summed E-state index contributed by atoms with van der Waals surface area (Å²) in [7, 11) is 0. The molecule has 0 amide bonds. The highest BCUT2D eigenvalue weighted by molar-refractivity contribution is 5.52. The largest absolute Gasteiger partial charge is 0.394 e. The van der Waals surface area contributed by atoms with Gasteiger partial charge in [0.25, 0.3) is 0 Å². The molecule has 0 saturated carbocycles. The second kappa shape index (κ2) is 5.80. The highest BCUT2D eigenvalue weighted by Crippen LogP contribution is 2.23. The van der Waals surface area contributed by atoms with E-state index in [0.717, 1.165) is 23.4 Å². The minimum absolute atomic E-state index is 0.209. The van der Waals surface area contributed by atoms with E-state index in [-0.39, 0.29) is 6.61 Å². The minimum atomic E-state index is -0.914. The zero-order valence-corrected chi connectivity index (χ0v) is 10.5. The van der Waals surface area contributed by atoms with E-state index in [2.05, 4.69) is 5.32 Å². The summed E-state index contributed by atoms with van der Waals surface area (Å²) in [6.07, 6.45) is 0. The number of aliphatic hydroxyl groups is 1. The number of aryl methyl sites for hydroxylation is 1. The molecule has 0 saturated heterocycles. The summed E-state index contributed by atoms with van der Waals surface area (Å²) < 4.78 is 26.1. The number of benzene rings is 2. The lowest BCUT2D eigenvalue weighted by atomic mass is 10.1. The molecule has 0 heterocycles. The first-order valence-electron chi connectivity index (χ1n) is 6.00. The van der Waals surface area contributed by atoms with Crippen LogP contribution in [0.25, 0.3) is 0 Å². The van der Waals surface area contributed by atoms with Crippen LogP contribution in [0.2, 0.25) is 0 Å². The Morgan fingerprint density at radius 1 is 1.11 bits per heavy atom. The SMILES string of the molecule is Cc1ccccc1NC(CO)c1ccc(F)c(F)c1. The summed E-state index contributed by atoms with van der Waals surface area (Å²) in [4.78, 5) is 0. The molecular formula is C15H15F2NO. The molecule has 100 valence electrons. The number of rotatable bonds is 4. The maximum atomic E-state index is 13.2. The topological polar surface area (TPSA) is 32.3 Å². The molecule has 2 aromatic carbocycles. The van der Waals surface area contributed by atoms with Gasteiger partial charge in [-0.1, -0.05) is 24.3 Å². The van der Waals surface area contributed by atoms with Crippen molar-refractivity contribution in [2.24, 2.45) is 0 Å². The Bertz CT molecular complexity index is 572. The summed E-state index contributed by atoms with van der Waals surface area (Å²) in [5, 5.41) is 12.5. The van der Waals surface area contributed by atoms with Crippen molar-refractivity contribution in [3.05, 3.63) is 65.2 Å². The van der Waals surface area contributed by atoms with Crippen molar-refractivity contribution in [3.63, 3.8) is 0 Å². The van der Waals surface area contributed by atoms with Gasteiger partial charge in [0.05, 0.1) is 12.6 Å². The van der Waals surface area contributed by atoms with Crippen LogP contribution in [0, 0.1) is 18.6 Å². The van der Waals surface area contributed by atoms with Crippen LogP contribution < -0.4 is 5.32 Å². The average molecular weight is 263 g/mol. The van der Waals surface area contributed by atoms with Gasteiger partial charge >= 0.3 is 0 Å². The summed E-state index contributed by atoms with van der Waals surface area (Å²) >= 11 is 0. The highest BCUT2D eigenvalue weighted by atomic mass is 19.2. The Kier molecular flexibility index (Phi) is 4.12. The number of hydrogen-bond donors (Lipinski definition) is 2. The van der Waals surface area contributed by atoms with Crippen molar-refractivity contribution in [1.82, 2.24) is 0 Å². The molecule has 1 atom stereocenters. The number of nitrogens with one attached hydrogen (secondary N) is 1. The molecule has 2 rings (SSSR count). The molecular weight excluding hydrogens is 248 g/mol. The summed E-state index contributed by atoms with van der Waals surface area (Å²) in [5.74, 6) is -1.81. The fraction of sp³-hybridized carbons (Fsp3) is 0.200. The van der Waals surface area contributed by atoms with Crippen LogP contribution in [0.4, 0.5) is 14.5 Å². The van der Waals surface area contributed by atoms with E-state index in [9.17, 15) is 13.9 Å². The Balaban J connectivity index is 2.25. The third kappa shape index (κ3) is 3.09. The zero-order chi connectivity index (χ0) is 13.8. The number of halogens is 2. The monoisotopic (exact) mass is 263 g/mol. The summed E-state index contributed by atoms with van der Waals surface area (Å²) in [6.45, 7) is 1.72. The van der Waals surface area contributed by atoms with Crippen LogP contribution in [0.5, 0.6) is 0 Å². The van der Waals surface area contributed by atoms with Crippen LogP contribution in [0.3, 0.4) is 0 Å². The summed E-state index contributed by atoms with van der Waals surface area (Å²) in [6, 6.07) is 10.7. The molecule has 4 heteroatoms. The van der Waals surface area contributed by atoms with E-state index in [0.29, 0.717) is 5.56 Å². The number of para-hydroxylation sites is 1. The van der Waals surface area contributed by atoms with Gasteiger partial charge in [0.1, 0.15) is 0 Å². The Morgan fingerprint density at radius 2 is 1.84 bits per heavy atom. The lowest BCUT2D eigenvalue weighted by Gasteiger charge is -2.19. The van der Waals surface area contributed by atoms with Gasteiger partial charge in [-0.15, -0.1) is 0 Å². The Hall–Kier alpha value is -1.94. The minimum Gasteiger partial charge on any atom is -0.394 e. The van der Waals surface area contributed by atoms with Crippen LogP contribution in [0.15, 0.2) is 42.5 Å². The molecule has 0 aromatic heterocycles. The first kappa shape index (κ1) is 13.5. The van der Waals surface area contributed by atoms with E-state index in [4.69, 9.17) is 0 Å². The quantitative estimate of drug-likeness (QED) is 0.886. The number of hydrogen-bond acceptors (Lipinski definition) is 2. The van der Waals surface area contributed by atoms with Gasteiger partial charge in [-0.05, 0) is 36.2 Å². The molecule has 2 N–H and O–H groups in total. The Morgan fingerprint density at radius 3 is 2.47 bits per heavy atom. The molecule has 0 bridgehead atoms. The van der Waals surface area contributed by atoms with Crippen molar-refractivity contribution in [2.75, 3.05) is 11.9 Å². The van der Waals surface area contributed by atoms with E-state index in [1.54, 1.807) is 0 Å². The molecule has 2 aromatic rings. The lowest BCUT2D eigenvalue weighted by molar-refractivity contribution is 0.276. The number of anilines is 1. The standard InChI is InChI=1S/C15H15F2NO/c1-10-4-2-3-5-14(10)18-15(9-19)11-6-7-12(16)13(17)8-11/h2-8,15,18-19H,9H2,1H3. The van der Waals surface area contributed by atoms with E-state index < -0.39 is 17.7 Å². The van der Waals surface area contributed by atoms with E-state index >= 15 is 0 Å². The van der Waals surface area contributed by atoms with Gasteiger partial charge in [0.2, 0.25) is 0 Å². The molecule has 0 spiro atoms. The first-order chi connectivity index (χ1) is 9.11. The fourth-order valence-electron chi connectivity index (χ4n) is 1.89. The molecule has 0 aliphatic carbocycles. The maximum Gasteiger partial charge on any atom is 0.159 e. The molecule has 0 fully saturated rings. The molecule has 0 aliphatic heterocycles. The number of aliphatic hydroxyl groups excluding tert-OH is 1. The fourth-order valence-corrected chi connectivity index (χ4v) is 1.89.